The van der Waals surface area contributed by atoms with E-state index >= 15 is 0 Å². The van der Waals surface area contributed by atoms with Crippen LogP contribution in [0.5, 0.6) is 11.6 Å². The van der Waals surface area contributed by atoms with Crippen molar-refractivity contribution < 1.29 is 4.74 Å². The standard InChI is InChI=1S/C16H21N3O2/c1-11-5-6-12(10-17)9-13(11)21-14-15(20)19(8-7-18-14)16(2,3)4/h5-9H,10,17H2,1-4H3. The lowest BCUT2D eigenvalue weighted by atomic mass is 10.1. The van der Waals surface area contributed by atoms with Crippen LogP contribution in [0.25, 0.3) is 0 Å². The van der Waals surface area contributed by atoms with Crippen LogP contribution in [0, 0.1) is 6.92 Å². The fourth-order valence-electron chi connectivity index (χ4n) is 1.98. The van der Waals surface area contributed by atoms with Gasteiger partial charge >= 0.3 is 5.56 Å². The highest BCUT2D eigenvalue weighted by Gasteiger charge is 2.18. The Balaban J connectivity index is 2.44. The Morgan fingerprint density at radius 3 is 2.67 bits per heavy atom. The molecule has 2 rings (SSSR count). The smallest absolute Gasteiger partial charge is 0.314 e. The average Bonchev–Trinajstić information content (AvgIpc) is 2.42. The summed E-state index contributed by atoms with van der Waals surface area (Å²) in [5, 5.41) is 0. The minimum absolute atomic E-state index is 0.0738. The minimum Gasteiger partial charge on any atom is -0.434 e. The third-order valence-corrected chi connectivity index (χ3v) is 3.23. The van der Waals surface area contributed by atoms with Gasteiger partial charge in [0, 0.05) is 24.5 Å². The third-order valence-electron chi connectivity index (χ3n) is 3.23. The van der Waals surface area contributed by atoms with Gasteiger partial charge in [-0.1, -0.05) is 12.1 Å². The van der Waals surface area contributed by atoms with Crippen molar-refractivity contribution in [1.82, 2.24) is 9.55 Å². The van der Waals surface area contributed by atoms with Crippen molar-refractivity contribution in [2.75, 3.05) is 0 Å². The van der Waals surface area contributed by atoms with Crippen LogP contribution in [0.1, 0.15) is 31.9 Å². The molecule has 5 heteroatoms. The topological polar surface area (TPSA) is 70.1 Å². The summed E-state index contributed by atoms with van der Waals surface area (Å²) in [6.07, 6.45) is 3.24. The highest BCUT2D eigenvalue weighted by Crippen LogP contribution is 2.23. The highest BCUT2D eigenvalue weighted by molar-refractivity contribution is 5.38. The summed E-state index contributed by atoms with van der Waals surface area (Å²) >= 11 is 0. The molecule has 0 unspecified atom stereocenters. The molecule has 0 amide bonds. The normalized spacial score (nSPS) is 11.5. The molecule has 0 fully saturated rings. The lowest BCUT2D eigenvalue weighted by molar-refractivity contribution is 0.362. The van der Waals surface area contributed by atoms with Crippen LogP contribution in [0.3, 0.4) is 0 Å². The van der Waals surface area contributed by atoms with E-state index in [1.165, 1.54) is 0 Å². The Labute approximate surface area is 124 Å². The Kier molecular flexibility index (Phi) is 4.14. The van der Waals surface area contributed by atoms with Gasteiger partial charge < -0.3 is 15.0 Å². The summed E-state index contributed by atoms with van der Waals surface area (Å²) < 4.78 is 7.33. The molecular weight excluding hydrogens is 266 g/mol. The maximum Gasteiger partial charge on any atom is 0.314 e. The molecule has 0 aliphatic heterocycles. The van der Waals surface area contributed by atoms with Crippen molar-refractivity contribution in [3.63, 3.8) is 0 Å². The fraction of sp³-hybridized carbons (Fsp3) is 0.375. The molecule has 2 aromatic rings. The zero-order valence-electron chi connectivity index (χ0n) is 12.9. The van der Waals surface area contributed by atoms with E-state index in [0.717, 1.165) is 11.1 Å². The Hall–Kier alpha value is -2.14. The van der Waals surface area contributed by atoms with Gasteiger partial charge in [0.25, 0.3) is 5.88 Å². The van der Waals surface area contributed by atoms with Gasteiger partial charge in [0.05, 0.1) is 0 Å². The number of rotatable bonds is 3. The van der Waals surface area contributed by atoms with Crippen LogP contribution >= 0.6 is 0 Å². The zero-order valence-corrected chi connectivity index (χ0v) is 12.9. The predicted molar refractivity (Wildman–Crippen MR) is 82.6 cm³/mol. The van der Waals surface area contributed by atoms with Gasteiger partial charge in [-0.2, -0.15) is 0 Å². The van der Waals surface area contributed by atoms with E-state index in [-0.39, 0.29) is 17.0 Å². The maximum atomic E-state index is 12.4. The summed E-state index contributed by atoms with van der Waals surface area (Å²) in [6, 6.07) is 5.70. The molecule has 2 N–H and O–H groups in total. The number of aryl methyl sites for hydroxylation is 1. The van der Waals surface area contributed by atoms with Gasteiger partial charge in [-0.15, -0.1) is 0 Å². The van der Waals surface area contributed by atoms with E-state index in [1.54, 1.807) is 17.0 Å². The molecule has 0 aliphatic carbocycles. The van der Waals surface area contributed by atoms with Crippen LogP contribution < -0.4 is 16.0 Å². The number of nitrogens with two attached hydrogens (primary N) is 1. The van der Waals surface area contributed by atoms with E-state index in [9.17, 15) is 4.79 Å². The number of hydrogen-bond acceptors (Lipinski definition) is 4. The molecule has 112 valence electrons. The van der Waals surface area contributed by atoms with Crippen molar-refractivity contribution in [2.24, 2.45) is 5.73 Å². The molecular formula is C16H21N3O2. The average molecular weight is 287 g/mol. The second-order valence-corrected chi connectivity index (χ2v) is 5.98. The van der Waals surface area contributed by atoms with E-state index in [1.807, 2.05) is 45.9 Å². The van der Waals surface area contributed by atoms with Gasteiger partial charge in [0.1, 0.15) is 5.75 Å². The molecule has 0 aliphatic rings. The van der Waals surface area contributed by atoms with Gasteiger partial charge in [0.15, 0.2) is 0 Å². The molecule has 1 heterocycles. The minimum atomic E-state index is -0.327. The van der Waals surface area contributed by atoms with E-state index in [4.69, 9.17) is 10.5 Å². The van der Waals surface area contributed by atoms with Crippen molar-refractivity contribution >= 4 is 0 Å². The summed E-state index contributed by atoms with van der Waals surface area (Å²) in [5.41, 5.74) is 6.94. The number of ether oxygens (including phenoxy) is 1. The Bertz CT molecular complexity index is 699. The van der Waals surface area contributed by atoms with Gasteiger partial charge in [-0.05, 0) is 44.9 Å². The van der Waals surface area contributed by atoms with Gasteiger partial charge in [-0.25, -0.2) is 4.98 Å². The number of benzene rings is 1. The molecule has 0 saturated carbocycles. The quantitative estimate of drug-likeness (QED) is 0.942. The lowest BCUT2D eigenvalue weighted by Gasteiger charge is -2.22. The van der Waals surface area contributed by atoms with E-state index in [0.29, 0.717) is 12.3 Å². The van der Waals surface area contributed by atoms with Crippen LogP contribution in [-0.2, 0) is 12.1 Å². The van der Waals surface area contributed by atoms with Gasteiger partial charge in [-0.3, -0.25) is 4.79 Å². The first-order chi connectivity index (χ1) is 9.82. The fourth-order valence-corrected chi connectivity index (χ4v) is 1.98. The Morgan fingerprint density at radius 2 is 2.05 bits per heavy atom. The SMILES string of the molecule is Cc1ccc(CN)cc1Oc1nccn(C(C)(C)C)c1=O. The first kappa shape index (κ1) is 15.3. The summed E-state index contributed by atoms with van der Waals surface area (Å²) in [5.74, 6) is 0.680. The van der Waals surface area contributed by atoms with Crippen molar-refractivity contribution in [1.29, 1.82) is 0 Å². The first-order valence-corrected chi connectivity index (χ1v) is 6.88. The monoisotopic (exact) mass is 287 g/mol. The summed E-state index contributed by atoms with van der Waals surface area (Å²) in [7, 11) is 0. The zero-order chi connectivity index (χ0) is 15.6. The number of nitrogens with zero attached hydrogens (tertiary/aromatic N) is 2. The molecule has 1 aromatic carbocycles. The molecule has 0 atom stereocenters. The molecule has 21 heavy (non-hydrogen) atoms. The lowest BCUT2D eigenvalue weighted by Crippen LogP contribution is -2.34. The second kappa shape index (κ2) is 5.69. The van der Waals surface area contributed by atoms with Gasteiger partial charge in [0.2, 0.25) is 0 Å². The number of aromatic nitrogens is 2. The second-order valence-electron chi connectivity index (χ2n) is 5.98. The van der Waals surface area contributed by atoms with Crippen LogP contribution in [0.15, 0.2) is 35.4 Å². The van der Waals surface area contributed by atoms with Crippen LogP contribution in [0.4, 0.5) is 0 Å². The largest absolute Gasteiger partial charge is 0.434 e. The van der Waals surface area contributed by atoms with E-state index in [2.05, 4.69) is 4.98 Å². The number of hydrogen-bond donors (Lipinski definition) is 1. The molecule has 5 nitrogen and oxygen atoms in total. The molecule has 0 spiro atoms. The van der Waals surface area contributed by atoms with Crippen molar-refractivity contribution in [3.8, 4) is 11.6 Å². The summed E-state index contributed by atoms with van der Waals surface area (Å²) in [4.78, 5) is 16.5. The highest BCUT2D eigenvalue weighted by atomic mass is 16.5. The molecule has 0 saturated heterocycles. The van der Waals surface area contributed by atoms with Crippen LogP contribution in [0.2, 0.25) is 0 Å². The Morgan fingerprint density at radius 1 is 1.33 bits per heavy atom. The first-order valence-electron chi connectivity index (χ1n) is 6.88. The predicted octanol–water partition coefficient (Wildman–Crippen LogP) is 2.56. The third kappa shape index (κ3) is 3.31. The molecule has 0 radical (unpaired) electrons. The van der Waals surface area contributed by atoms with E-state index < -0.39 is 0 Å². The maximum absolute atomic E-state index is 12.4. The molecule has 0 bridgehead atoms. The van der Waals surface area contributed by atoms with Crippen molar-refractivity contribution in [2.45, 2.75) is 39.8 Å². The molecule has 1 aromatic heterocycles. The summed E-state index contributed by atoms with van der Waals surface area (Å²) in [6.45, 7) is 8.21. The van der Waals surface area contributed by atoms with Crippen molar-refractivity contribution in [3.05, 3.63) is 52.1 Å². The van der Waals surface area contributed by atoms with Crippen LogP contribution in [-0.4, -0.2) is 9.55 Å².